The summed E-state index contributed by atoms with van der Waals surface area (Å²) in [5.74, 6) is -0.447. The van der Waals surface area contributed by atoms with Crippen LogP contribution in [0.1, 0.15) is 16.8 Å². The maximum absolute atomic E-state index is 13.7. The molecule has 84 valence electrons. The molecule has 0 saturated carbocycles. The van der Waals surface area contributed by atoms with E-state index in [2.05, 4.69) is 9.97 Å². The van der Waals surface area contributed by atoms with Crippen molar-refractivity contribution in [2.45, 2.75) is 6.42 Å². The van der Waals surface area contributed by atoms with Gasteiger partial charge in [0, 0.05) is 5.57 Å². The number of hydrogen-bond acceptors (Lipinski definition) is 2. The molecule has 0 amide bonds. The summed E-state index contributed by atoms with van der Waals surface area (Å²) in [7, 11) is 0. The topological polar surface area (TPSA) is 25.8 Å². The molecule has 1 aliphatic carbocycles. The van der Waals surface area contributed by atoms with Crippen LogP contribution in [0.2, 0.25) is 5.28 Å². The van der Waals surface area contributed by atoms with Crippen LogP contribution in [0.25, 0.3) is 5.57 Å². The number of aromatic nitrogens is 2. The first-order valence-corrected chi connectivity index (χ1v) is 5.60. The van der Waals surface area contributed by atoms with Gasteiger partial charge in [-0.1, -0.05) is 30.3 Å². The smallest absolute Gasteiger partial charge is 0.223 e. The molecule has 0 atom stereocenters. The summed E-state index contributed by atoms with van der Waals surface area (Å²) in [6.45, 7) is 0. The molecule has 0 fully saturated rings. The zero-order chi connectivity index (χ0) is 11.8. The Labute approximate surface area is 103 Å². The average molecular weight is 247 g/mol. The summed E-state index contributed by atoms with van der Waals surface area (Å²) >= 11 is 5.71. The summed E-state index contributed by atoms with van der Waals surface area (Å²) in [6.07, 6.45) is 3.87. The van der Waals surface area contributed by atoms with E-state index in [1.54, 1.807) is 0 Å². The van der Waals surface area contributed by atoms with Crippen LogP contribution >= 0.6 is 11.6 Å². The Morgan fingerprint density at radius 2 is 2.06 bits per heavy atom. The lowest BCUT2D eigenvalue weighted by Crippen LogP contribution is -1.97. The van der Waals surface area contributed by atoms with Gasteiger partial charge in [-0.3, -0.25) is 0 Å². The molecule has 0 spiro atoms. The van der Waals surface area contributed by atoms with E-state index in [4.69, 9.17) is 11.6 Å². The quantitative estimate of drug-likeness (QED) is 0.722. The third-order valence-electron chi connectivity index (χ3n) is 2.80. The zero-order valence-corrected chi connectivity index (χ0v) is 9.58. The molecular weight excluding hydrogens is 239 g/mol. The van der Waals surface area contributed by atoms with Crippen molar-refractivity contribution >= 4 is 17.2 Å². The molecule has 0 bridgehead atoms. The van der Waals surface area contributed by atoms with Crippen molar-refractivity contribution in [3.63, 3.8) is 0 Å². The van der Waals surface area contributed by atoms with E-state index in [9.17, 15) is 4.39 Å². The largest absolute Gasteiger partial charge is 0.223 e. The van der Waals surface area contributed by atoms with Crippen molar-refractivity contribution in [2.75, 3.05) is 0 Å². The fourth-order valence-electron chi connectivity index (χ4n) is 2.04. The first kappa shape index (κ1) is 10.4. The molecule has 1 aromatic heterocycles. The van der Waals surface area contributed by atoms with Crippen molar-refractivity contribution in [3.05, 3.63) is 64.5 Å². The Bertz CT molecular complexity index is 623. The fourth-order valence-corrected chi connectivity index (χ4v) is 2.18. The van der Waals surface area contributed by atoms with E-state index in [0.717, 1.165) is 23.8 Å². The molecule has 17 heavy (non-hydrogen) atoms. The van der Waals surface area contributed by atoms with E-state index >= 15 is 0 Å². The molecule has 0 unspecified atom stereocenters. The minimum atomic E-state index is -0.447. The lowest BCUT2D eigenvalue weighted by atomic mass is 10.0. The summed E-state index contributed by atoms with van der Waals surface area (Å²) in [5.41, 5.74) is 3.26. The Balaban J connectivity index is 2.16. The summed E-state index contributed by atoms with van der Waals surface area (Å²) in [6, 6.07) is 7.89. The summed E-state index contributed by atoms with van der Waals surface area (Å²) in [5, 5.41) is 0.0617. The predicted molar refractivity (Wildman–Crippen MR) is 64.2 cm³/mol. The minimum absolute atomic E-state index is 0.0617. The number of fused-ring (bicyclic) bond motifs is 1. The summed E-state index contributed by atoms with van der Waals surface area (Å²) in [4.78, 5) is 7.58. The minimum Gasteiger partial charge on any atom is -0.223 e. The van der Waals surface area contributed by atoms with E-state index in [-0.39, 0.29) is 11.0 Å². The number of rotatable bonds is 1. The van der Waals surface area contributed by atoms with Crippen LogP contribution in [0, 0.1) is 5.82 Å². The van der Waals surface area contributed by atoms with Gasteiger partial charge in [-0.2, -0.15) is 0 Å². The number of halogens is 2. The van der Waals surface area contributed by atoms with Crippen molar-refractivity contribution < 1.29 is 4.39 Å². The highest BCUT2D eigenvalue weighted by atomic mass is 35.5. The lowest BCUT2D eigenvalue weighted by Gasteiger charge is -2.06. The van der Waals surface area contributed by atoms with Crippen molar-refractivity contribution in [1.29, 1.82) is 0 Å². The highest BCUT2D eigenvalue weighted by Gasteiger charge is 2.19. The van der Waals surface area contributed by atoms with Crippen molar-refractivity contribution in [3.8, 4) is 0 Å². The molecule has 0 saturated heterocycles. The number of allylic oxidation sites excluding steroid dienone is 1. The summed E-state index contributed by atoms with van der Waals surface area (Å²) < 4.78 is 13.7. The average Bonchev–Trinajstić information content (AvgIpc) is 2.76. The van der Waals surface area contributed by atoms with Crippen LogP contribution in [0.15, 0.2) is 36.5 Å². The third-order valence-corrected chi connectivity index (χ3v) is 2.99. The van der Waals surface area contributed by atoms with Crippen LogP contribution in [-0.4, -0.2) is 9.97 Å². The molecule has 1 aliphatic rings. The van der Waals surface area contributed by atoms with Gasteiger partial charge in [-0.25, -0.2) is 14.4 Å². The van der Waals surface area contributed by atoms with Crippen LogP contribution in [0.3, 0.4) is 0 Å². The molecule has 1 aromatic carbocycles. The predicted octanol–water partition coefficient (Wildman–Crippen LogP) is 3.26. The fraction of sp³-hybridized carbons (Fsp3) is 0.0769. The third kappa shape index (κ3) is 1.72. The maximum Gasteiger partial charge on any atom is 0.223 e. The van der Waals surface area contributed by atoms with Gasteiger partial charge in [-0.15, -0.1) is 0 Å². The van der Waals surface area contributed by atoms with Gasteiger partial charge in [0.1, 0.15) is 5.69 Å². The normalized spacial score (nSPS) is 13.4. The number of nitrogens with zero attached hydrogens (tertiary/aromatic N) is 2. The Morgan fingerprint density at radius 1 is 1.24 bits per heavy atom. The molecule has 4 heteroatoms. The lowest BCUT2D eigenvalue weighted by molar-refractivity contribution is 0.609. The first-order valence-electron chi connectivity index (χ1n) is 5.22. The van der Waals surface area contributed by atoms with Crippen molar-refractivity contribution in [1.82, 2.24) is 9.97 Å². The second-order valence-corrected chi connectivity index (χ2v) is 4.15. The molecule has 0 aliphatic heterocycles. The SMILES string of the molecule is Fc1cnc(Cl)nc1C1=CCc2ccccc21. The van der Waals surface area contributed by atoms with Gasteiger partial charge in [0.05, 0.1) is 6.20 Å². The van der Waals surface area contributed by atoms with E-state index in [1.165, 1.54) is 5.56 Å². The second-order valence-electron chi connectivity index (χ2n) is 3.81. The maximum atomic E-state index is 13.7. The van der Waals surface area contributed by atoms with Crippen LogP contribution in [0.5, 0.6) is 0 Å². The van der Waals surface area contributed by atoms with Crippen LogP contribution in [0.4, 0.5) is 4.39 Å². The molecule has 2 nitrogen and oxygen atoms in total. The van der Waals surface area contributed by atoms with E-state index in [0.29, 0.717) is 0 Å². The molecule has 0 N–H and O–H groups in total. The van der Waals surface area contributed by atoms with Gasteiger partial charge < -0.3 is 0 Å². The molecule has 2 aromatic rings. The van der Waals surface area contributed by atoms with Crippen LogP contribution in [-0.2, 0) is 6.42 Å². The molecule has 1 heterocycles. The number of benzene rings is 1. The Morgan fingerprint density at radius 3 is 2.94 bits per heavy atom. The molecule has 3 rings (SSSR count). The second kappa shape index (κ2) is 3.93. The highest BCUT2D eigenvalue weighted by Crippen LogP contribution is 2.32. The Hall–Kier alpha value is -1.74. The standard InChI is InChI=1S/C13H8ClFN2/c14-13-16-7-11(15)12(17-13)10-6-5-8-3-1-2-4-9(8)10/h1-4,6-7H,5H2. The first-order chi connectivity index (χ1) is 8.25. The van der Waals surface area contributed by atoms with Gasteiger partial charge in [0.25, 0.3) is 0 Å². The van der Waals surface area contributed by atoms with Crippen LogP contribution < -0.4 is 0 Å². The zero-order valence-electron chi connectivity index (χ0n) is 8.82. The Kier molecular flexibility index (Phi) is 2.41. The van der Waals surface area contributed by atoms with Crippen molar-refractivity contribution in [2.24, 2.45) is 0 Å². The molecule has 0 radical (unpaired) electrons. The van der Waals surface area contributed by atoms with E-state index < -0.39 is 5.82 Å². The van der Waals surface area contributed by atoms with Gasteiger partial charge in [-0.05, 0) is 29.1 Å². The van der Waals surface area contributed by atoms with Gasteiger partial charge in [0.15, 0.2) is 5.82 Å². The monoisotopic (exact) mass is 246 g/mol. The van der Waals surface area contributed by atoms with E-state index in [1.807, 2.05) is 30.3 Å². The molecular formula is C13H8ClFN2. The van der Waals surface area contributed by atoms with Gasteiger partial charge >= 0.3 is 0 Å². The highest BCUT2D eigenvalue weighted by molar-refractivity contribution is 6.28. The number of hydrogen-bond donors (Lipinski definition) is 0. The van der Waals surface area contributed by atoms with Gasteiger partial charge in [0.2, 0.25) is 5.28 Å².